The van der Waals surface area contributed by atoms with Crippen molar-refractivity contribution in [3.05, 3.63) is 62.3 Å². The zero-order valence-electron chi connectivity index (χ0n) is 20.7. The Balaban J connectivity index is 1.19. The molecule has 3 aromatic rings. The topological polar surface area (TPSA) is 75.9 Å². The monoisotopic (exact) mass is 610 g/mol. The lowest BCUT2D eigenvalue weighted by atomic mass is 10.0. The number of aromatic nitrogens is 3. The van der Waals surface area contributed by atoms with Crippen molar-refractivity contribution in [2.24, 2.45) is 5.16 Å². The lowest BCUT2D eigenvalue weighted by Crippen LogP contribution is -2.49. The molecule has 202 valence electrons. The molecule has 0 unspecified atom stereocenters. The molecular formula is C25H26BrF3N6O2S. The quantitative estimate of drug-likeness (QED) is 0.366. The minimum atomic E-state index is -4.53. The van der Waals surface area contributed by atoms with Crippen LogP contribution >= 0.6 is 27.3 Å². The maximum Gasteiger partial charge on any atom is 0.435 e. The normalized spacial score (nSPS) is 17.1. The van der Waals surface area contributed by atoms with E-state index >= 15 is 0 Å². The predicted molar refractivity (Wildman–Crippen MR) is 141 cm³/mol. The van der Waals surface area contributed by atoms with Crippen molar-refractivity contribution in [2.45, 2.75) is 45.5 Å². The predicted octanol–water partition coefficient (Wildman–Crippen LogP) is 5.04. The molecule has 2 aromatic heterocycles. The average Bonchev–Trinajstić information content (AvgIpc) is 3.49. The molecule has 1 aromatic carbocycles. The molecule has 2 aliphatic rings. The number of thiazole rings is 1. The molecule has 8 nitrogen and oxygen atoms in total. The van der Waals surface area contributed by atoms with Crippen LogP contribution in [0.2, 0.25) is 0 Å². The first-order chi connectivity index (χ1) is 18.2. The number of hydrogen-bond donors (Lipinski definition) is 0. The second kappa shape index (κ2) is 11.0. The fraction of sp³-hybridized carbons (Fsp3) is 0.440. The lowest BCUT2D eigenvalue weighted by Gasteiger charge is -2.34. The van der Waals surface area contributed by atoms with E-state index in [9.17, 15) is 18.0 Å². The maximum atomic E-state index is 12.9. The van der Waals surface area contributed by atoms with Gasteiger partial charge in [-0.3, -0.25) is 9.48 Å². The van der Waals surface area contributed by atoms with E-state index < -0.39 is 11.9 Å². The summed E-state index contributed by atoms with van der Waals surface area (Å²) in [6.45, 7) is 3.78. The largest absolute Gasteiger partial charge is 0.435 e. The fourth-order valence-electron chi connectivity index (χ4n) is 4.47. The third-order valence-corrected chi connectivity index (χ3v) is 8.57. The standard InChI is InChI=1S/C25H26BrF3N6O2S/c1-16-13-21(25(27,28)29)31-35(16)14-22(36)33-9-11-34(12-10-33)24-30-19-7-4-8-20(23(19)38-24)32-37-15-17-5-2-3-6-18(17)26/h2-3,5-6,13H,4,7-12,14-15H2,1H3. The second-order valence-electron chi connectivity index (χ2n) is 9.22. The number of halogens is 4. The number of hydrogen-bond acceptors (Lipinski definition) is 7. The molecular weight excluding hydrogens is 585 g/mol. The van der Waals surface area contributed by atoms with E-state index in [2.05, 4.69) is 31.1 Å². The summed E-state index contributed by atoms with van der Waals surface area (Å²) in [7, 11) is 0. The summed E-state index contributed by atoms with van der Waals surface area (Å²) < 4.78 is 40.9. The van der Waals surface area contributed by atoms with Crippen molar-refractivity contribution in [1.82, 2.24) is 19.7 Å². The van der Waals surface area contributed by atoms with Gasteiger partial charge in [0.25, 0.3) is 0 Å². The van der Waals surface area contributed by atoms with E-state index in [4.69, 9.17) is 9.82 Å². The molecule has 3 heterocycles. The van der Waals surface area contributed by atoms with Crippen molar-refractivity contribution in [3.63, 3.8) is 0 Å². The number of aryl methyl sites for hydroxylation is 2. The van der Waals surface area contributed by atoms with Crippen molar-refractivity contribution in [1.29, 1.82) is 0 Å². The Morgan fingerprint density at radius 1 is 1.18 bits per heavy atom. The third-order valence-electron chi connectivity index (χ3n) is 6.59. The van der Waals surface area contributed by atoms with Gasteiger partial charge in [0.1, 0.15) is 13.2 Å². The summed E-state index contributed by atoms with van der Waals surface area (Å²) in [6, 6.07) is 8.82. The van der Waals surface area contributed by atoms with Crippen LogP contribution < -0.4 is 4.90 Å². The Bertz CT molecular complexity index is 1350. The molecule has 1 saturated heterocycles. The van der Waals surface area contributed by atoms with Gasteiger partial charge < -0.3 is 14.6 Å². The van der Waals surface area contributed by atoms with Crippen LogP contribution in [0.25, 0.3) is 0 Å². The molecule has 0 bridgehead atoms. The molecule has 1 aliphatic carbocycles. The number of oxime groups is 1. The summed E-state index contributed by atoms with van der Waals surface area (Å²) in [5, 5.41) is 8.89. The first-order valence-corrected chi connectivity index (χ1v) is 13.9. The lowest BCUT2D eigenvalue weighted by molar-refractivity contribution is -0.142. The summed E-state index contributed by atoms with van der Waals surface area (Å²) in [6.07, 6.45) is -1.86. The van der Waals surface area contributed by atoms with E-state index in [1.54, 1.807) is 16.2 Å². The number of piperazine rings is 1. The van der Waals surface area contributed by atoms with Crippen LogP contribution in [0.1, 0.15) is 40.4 Å². The molecule has 13 heteroatoms. The van der Waals surface area contributed by atoms with Crippen LogP contribution in [0.4, 0.5) is 18.3 Å². The molecule has 5 rings (SSSR count). The molecule has 1 amide bonds. The Morgan fingerprint density at radius 2 is 1.95 bits per heavy atom. The van der Waals surface area contributed by atoms with Crippen LogP contribution in [-0.2, 0) is 35.4 Å². The number of carbonyl (C=O) groups excluding carboxylic acids is 1. The van der Waals surface area contributed by atoms with Gasteiger partial charge in [0.15, 0.2) is 10.8 Å². The van der Waals surface area contributed by atoms with Gasteiger partial charge in [0.05, 0.1) is 16.3 Å². The van der Waals surface area contributed by atoms with Crippen molar-refractivity contribution in [3.8, 4) is 0 Å². The molecule has 1 fully saturated rings. The fourth-order valence-corrected chi connectivity index (χ4v) is 6.04. The number of amides is 1. The Kier molecular flexibility index (Phi) is 7.75. The van der Waals surface area contributed by atoms with Gasteiger partial charge in [-0.15, -0.1) is 0 Å². The van der Waals surface area contributed by atoms with Crippen molar-refractivity contribution in [2.75, 3.05) is 31.1 Å². The molecule has 1 aliphatic heterocycles. The minimum absolute atomic E-state index is 0.215. The van der Waals surface area contributed by atoms with Crippen molar-refractivity contribution >= 4 is 44.0 Å². The zero-order chi connectivity index (χ0) is 26.9. The molecule has 0 N–H and O–H groups in total. The highest BCUT2D eigenvalue weighted by Gasteiger charge is 2.35. The molecule has 0 radical (unpaired) electrons. The van der Waals surface area contributed by atoms with Gasteiger partial charge in [-0.2, -0.15) is 18.3 Å². The minimum Gasteiger partial charge on any atom is -0.391 e. The van der Waals surface area contributed by atoms with Crippen LogP contribution in [0.3, 0.4) is 0 Å². The average molecular weight is 611 g/mol. The summed E-state index contributed by atoms with van der Waals surface area (Å²) >= 11 is 5.11. The zero-order valence-corrected chi connectivity index (χ0v) is 23.1. The van der Waals surface area contributed by atoms with Gasteiger partial charge in [0, 0.05) is 41.9 Å². The first kappa shape index (κ1) is 26.7. The molecule has 0 atom stereocenters. The van der Waals surface area contributed by atoms with Crippen LogP contribution in [-0.4, -0.2) is 57.5 Å². The van der Waals surface area contributed by atoms with Gasteiger partial charge in [-0.1, -0.05) is 50.6 Å². The summed E-state index contributed by atoms with van der Waals surface area (Å²) in [5.41, 5.74) is 2.27. The SMILES string of the molecule is Cc1cc(C(F)(F)F)nn1CC(=O)N1CCN(c2nc3c(s2)C(=NOCc2ccccc2Br)CCC3)CC1. The van der Waals surface area contributed by atoms with Gasteiger partial charge in [0.2, 0.25) is 5.91 Å². The number of benzene rings is 1. The summed E-state index contributed by atoms with van der Waals surface area (Å²) in [4.78, 5) is 28.2. The smallest absolute Gasteiger partial charge is 0.391 e. The number of fused-ring (bicyclic) bond motifs is 1. The Labute approximate surface area is 230 Å². The van der Waals surface area contributed by atoms with E-state index in [1.165, 1.54) is 6.92 Å². The highest BCUT2D eigenvalue weighted by Crippen LogP contribution is 2.33. The molecule has 0 spiro atoms. The number of anilines is 1. The van der Waals surface area contributed by atoms with Gasteiger partial charge in [-0.25, -0.2) is 4.98 Å². The van der Waals surface area contributed by atoms with E-state index in [-0.39, 0.29) is 12.5 Å². The summed E-state index contributed by atoms with van der Waals surface area (Å²) in [5.74, 6) is -0.250. The first-order valence-electron chi connectivity index (χ1n) is 12.3. The molecule has 0 saturated carbocycles. The number of nitrogens with zero attached hydrogens (tertiary/aromatic N) is 6. The van der Waals surface area contributed by atoms with E-state index in [1.807, 2.05) is 24.3 Å². The van der Waals surface area contributed by atoms with E-state index in [0.29, 0.717) is 38.5 Å². The number of rotatable bonds is 6. The van der Waals surface area contributed by atoms with Crippen LogP contribution in [0.15, 0.2) is 40.0 Å². The van der Waals surface area contributed by atoms with Crippen molar-refractivity contribution < 1.29 is 22.8 Å². The maximum absolute atomic E-state index is 12.9. The van der Waals surface area contributed by atoms with Crippen LogP contribution in [0.5, 0.6) is 0 Å². The molecule has 38 heavy (non-hydrogen) atoms. The van der Waals surface area contributed by atoms with Gasteiger partial charge >= 0.3 is 6.18 Å². The Morgan fingerprint density at radius 3 is 2.66 bits per heavy atom. The van der Waals surface area contributed by atoms with Crippen LogP contribution in [0, 0.1) is 6.92 Å². The highest BCUT2D eigenvalue weighted by molar-refractivity contribution is 9.10. The Hall–Kier alpha value is -2.93. The highest BCUT2D eigenvalue weighted by atomic mass is 79.9. The number of carbonyl (C=O) groups is 1. The van der Waals surface area contributed by atoms with E-state index in [0.717, 1.165) is 61.5 Å². The third kappa shape index (κ3) is 5.88. The van der Waals surface area contributed by atoms with Gasteiger partial charge in [-0.05, 0) is 38.3 Å². The number of alkyl halides is 3. The second-order valence-corrected chi connectivity index (χ2v) is 11.1.